The molecule has 1 atom stereocenters. The number of carbonyl (C=O) groups is 1. The van der Waals surface area contributed by atoms with Crippen molar-refractivity contribution in [1.82, 2.24) is 0 Å². The third-order valence-electron chi connectivity index (χ3n) is 2.84. The molecule has 2 aromatic rings. The van der Waals surface area contributed by atoms with Gasteiger partial charge in [0.2, 0.25) is 0 Å². The van der Waals surface area contributed by atoms with Crippen LogP contribution in [0.1, 0.15) is 28.9 Å². The lowest BCUT2D eigenvalue weighted by molar-refractivity contribution is 0.102. The summed E-state index contributed by atoms with van der Waals surface area (Å²) < 4.78 is 13.4. The van der Waals surface area contributed by atoms with Crippen LogP contribution in [0.15, 0.2) is 46.9 Å². The molecule has 1 amide bonds. The van der Waals surface area contributed by atoms with E-state index in [0.717, 1.165) is 0 Å². The first-order chi connectivity index (χ1) is 9.49. The standard InChI is InChI=1S/C15H13BrFNO2/c1-9(19)11-4-2-3-5-14(11)18-15(20)10-6-7-13(17)12(16)8-10/h2-9,19H,1H3,(H,18,20). The topological polar surface area (TPSA) is 49.3 Å². The second-order valence-corrected chi connectivity index (χ2v) is 5.20. The Morgan fingerprint density at radius 2 is 2.00 bits per heavy atom. The van der Waals surface area contributed by atoms with Gasteiger partial charge in [0.25, 0.3) is 5.91 Å². The zero-order valence-corrected chi connectivity index (χ0v) is 12.3. The average molecular weight is 338 g/mol. The van der Waals surface area contributed by atoms with Crippen molar-refractivity contribution in [2.75, 3.05) is 5.32 Å². The number of aliphatic hydroxyl groups excluding tert-OH is 1. The van der Waals surface area contributed by atoms with Gasteiger partial charge < -0.3 is 10.4 Å². The highest BCUT2D eigenvalue weighted by molar-refractivity contribution is 9.10. The van der Waals surface area contributed by atoms with Crippen LogP contribution in [-0.2, 0) is 0 Å². The summed E-state index contributed by atoms with van der Waals surface area (Å²) in [6.07, 6.45) is -0.688. The van der Waals surface area contributed by atoms with Gasteiger partial charge in [0.1, 0.15) is 5.82 Å². The van der Waals surface area contributed by atoms with Crippen LogP contribution in [0.3, 0.4) is 0 Å². The Morgan fingerprint density at radius 3 is 2.65 bits per heavy atom. The average Bonchev–Trinajstić information content (AvgIpc) is 2.42. The summed E-state index contributed by atoms with van der Waals surface area (Å²) in [5, 5.41) is 12.4. The van der Waals surface area contributed by atoms with E-state index in [-0.39, 0.29) is 10.4 Å². The SMILES string of the molecule is CC(O)c1ccccc1NC(=O)c1ccc(F)c(Br)c1. The van der Waals surface area contributed by atoms with E-state index < -0.39 is 11.9 Å². The third-order valence-corrected chi connectivity index (χ3v) is 3.45. The van der Waals surface area contributed by atoms with Crippen molar-refractivity contribution >= 4 is 27.5 Å². The molecule has 0 saturated carbocycles. The largest absolute Gasteiger partial charge is 0.389 e. The normalized spacial score (nSPS) is 12.0. The summed E-state index contributed by atoms with van der Waals surface area (Å²) in [7, 11) is 0. The fourth-order valence-corrected chi connectivity index (χ4v) is 2.19. The molecule has 2 rings (SSSR count). The molecule has 104 valence electrons. The van der Waals surface area contributed by atoms with E-state index >= 15 is 0 Å². The van der Waals surface area contributed by atoms with Crippen molar-refractivity contribution in [2.24, 2.45) is 0 Å². The Bertz CT molecular complexity index is 644. The number of nitrogens with one attached hydrogen (secondary N) is 1. The first kappa shape index (κ1) is 14.7. The Kier molecular flexibility index (Phi) is 4.52. The van der Waals surface area contributed by atoms with E-state index in [1.807, 2.05) is 0 Å². The molecule has 20 heavy (non-hydrogen) atoms. The lowest BCUT2D eigenvalue weighted by Gasteiger charge is -2.13. The molecule has 5 heteroatoms. The molecule has 0 bridgehead atoms. The van der Waals surface area contributed by atoms with Gasteiger partial charge in [-0.25, -0.2) is 4.39 Å². The molecule has 3 nitrogen and oxygen atoms in total. The van der Waals surface area contributed by atoms with Crippen LogP contribution in [0.4, 0.5) is 10.1 Å². The van der Waals surface area contributed by atoms with Crippen LogP contribution in [0.5, 0.6) is 0 Å². The van der Waals surface area contributed by atoms with Gasteiger partial charge >= 0.3 is 0 Å². The summed E-state index contributed by atoms with van der Waals surface area (Å²) in [5.41, 5.74) is 1.49. The van der Waals surface area contributed by atoms with Crippen LogP contribution in [0, 0.1) is 5.82 Å². The van der Waals surface area contributed by atoms with Gasteiger partial charge in [0.15, 0.2) is 0 Å². The van der Waals surface area contributed by atoms with Crippen molar-refractivity contribution in [3.63, 3.8) is 0 Å². The minimum absolute atomic E-state index is 0.231. The second-order valence-electron chi connectivity index (χ2n) is 4.35. The minimum atomic E-state index is -0.688. The second kappa shape index (κ2) is 6.15. The van der Waals surface area contributed by atoms with E-state index in [1.165, 1.54) is 18.2 Å². The van der Waals surface area contributed by atoms with Crippen LogP contribution in [0.2, 0.25) is 0 Å². The van der Waals surface area contributed by atoms with Crippen LogP contribution in [0.25, 0.3) is 0 Å². The molecule has 0 radical (unpaired) electrons. The van der Waals surface area contributed by atoms with E-state index in [1.54, 1.807) is 31.2 Å². The maximum absolute atomic E-state index is 13.1. The molecular weight excluding hydrogens is 325 g/mol. The van der Waals surface area contributed by atoms with E-state index in [2.05, 4.69) is 21.2 Å². The van der Waals surface area contributed by atoms with Crippen molar-refractivity contribution < 1.29 is 14.3 Å². The van der Waals surface area contributed by atoms with Gasteiger partial charge in [0.05, 0.1) is 10.6 Å². The van der Waals surface area contributed by atoms with Crippen molar-refractivity contribution in [3.05, 3.63) is 63.9 Å². The lowest BCUT2D eigenvalue weighted by Crippen LogP contribution is -2.14. The fourth-order valence-electron chi connectivity index (χ4n) is 1.81. The molecule has 0 heterocycles. The van der Waals surface area contributed by atoms with Crippen molar-refractivity contribution in [1.29, 1.82) is 0 Å². The molecule has 2 N–H and O–H groups in total. The number of hydrogen-bond donors (Lipinski definition) is 2. The molecule has 0 aliphatic carbocycles. The molecule has 0 aliphatic rings. The summed E-state index contributed by atoms with van der Waals surface area (Å²) in [5.74, 6) is -0.787. The Balaban J connectivity index is 2.26. The molecule has 0 fully saturated rings. The van der Waals surface area contributed by atoms with Crippen LogP contribution in [-0.4, -0.2) is 11.0 Å². The number of amides is 1. The molecule has 0 saturated heterocycles. The predicted molar refractivity (Wildman–Crippen MR) is 79.1 cm³/mol. The molecule has 0 aliphatic heterocycles. The number of aliphatic hydroxyl groups is 1. The number of benzene rings is 2. The van der Waals surface area contributed by atoms with Crippen LogP contribution >= 0.6 is 15.9 Å². The van der Waals surface area contributed by atoms with Gasteiger partial charge in [-0.2, -0.15) is 0 Å². The highest BCUT2D eigenvalue weighted by Gasteiger charge is 2.12. The number of anilines is 1. The first-order valence-electron chi connectivity index (χ1n) is 6.02. The van der Waals surface area contributed by atoms with Gasteiger partial charge in [-0.15, -0.1) is 0 Å². The van der Waals surface area contributed by atoms with E-state index in [9.17, 15) is 14.3 Å². The van der Waals surface area contributed by atoms with Gasteiger partial charge in [-0.1, -0.05) is 18.2 Å². The summed E-state index contributed by atoms with van der Waals surface area (Å²) >= 11 is 3.04. The number of rotatable bonds is 3. The number of halogens is 2. The Hall–Kier alpha value is -1.72. The smallest absolute Gasteiger partial charge is 0.255 e. The fraction of sp³-hybridized carbons (Fsp3) is 0.133. The first-order valence-corrected chi connectivity index (χ1v) is 6.81. The monoisotopic (exact) mass is 337 g/mol. The van der Waals surface area contributed by atoms with E-state index in [0.29, 0.717) is 16.8 Å². The Labute approximate surface area is 124 Å². The predicted octanol–water partition coefficient (Wildman–Crippen LogP) is 3.89. The molecule has 1 unspecified atom stereocenters. The zero-order valence-electron chi connectivity index (χ0n) is 10.7. The lowest BCUT2D eigenvalue weighted by atomic mass is 10.1. The number of carbonyl (C=O) groups excluding carboxylic acids is 1. The van der Waals surface area contributed by atoms with Gasteiger partial charge in [-0.05, 0) is 47.1 Å². The summed E-state index contributed by atoms with van der Waals surface area (Å²) in [6, 6.07) is 11.0. The maximum atomic E-state index is 13.1. The van der Waals surface area contributed by atoms with Gasteiger partial charge in [0, 0.05) is 16.8 Å². The van der Waals surface area contributed by atoms with E-state index in [4.69, 9.17) is 0 Å². The highest BCUT2D eigenvalue weighted by Crippen LogP contribution is 2.23. The quantitative estimate of drug-likeness (QED) is 0.892. The number of para-hydroxylation sites is 1. The zero-order chi connectivity index (χ0) is 14.7. The molecule has 0 aromatic heterocycles. The highest BCUT2D eigenvalue weighted by atomic mass is 79.9. The molecular formula is C15H13BrFNO2. The third kappa shape index (κ3) is 3.23. The maximum Gasteiger partial charge on any atom is 0.255 e. The Morgan fingerprint density at radius 1 is 1.30 bits per heavy atom. The summed E-state index contributed by atoms with van der Waals surface area (Å²) in [6.45, 7) is 1.62. The molecule has 0 spiro atoms. The molecule has 2 aromatic carbocycles. The van der Waals surface area contributed by atoms with Gasteiger partial charge in [-0.3, -0.25) is 4.79 Å². The number of hydrogen-bond acceptors (Lipinski definition) is 2. The minimum Gasteiger partial charge on any atom is -0.389 e. The van der Waals surface area contributed by atoms with Crippen molar-refractivity contribution in [2.45, 2.75) is 13.0 Å². The van der Waals surface area contributed by atoms with Crippen LogP contribution < -0.4 is 5.32 Å². The van der Waals surface area contributed by atoms with Crippen molar-refractivity contribution in [3.8, 4) is 0 Å². The summed E-state index contributed by atoms with van der Waals surface area (Å²) in [4.78, 5) is 12.1.